The maximum absolute atomic E-state index is 4.55. The van der Waals surface area contributed by atoms with Gasteiger partial charge in [0.25, 0.3) is 0 Å². The summed E-state index contributed by atoms with van der Waals surface area (Å²) in [7, 11) is 0. The fourth-order valence-corrected chi connectivity index (χ4v) is 2.94. The fourth-order valence-electron chi connectivity index (χ4n) is 2.50. The van der Waals surface area contributed by atoms with Crippen molar-refractivity contribution in [1.82, 2.24) is 9.88 Å². The molecule has 0 bridgehead atoms. The van der Waals surface area contributed by atoms with Gasteiger partial charge in [0.2, 0.25) is 0 Å². The van der Waals surface area contributed by atoms with Crippen LogP contribution in [-0.2, 0) is 0 Å². The molecule has 3 nitrogen and oxygen atoms in total. The summed E-state index contributed by atoms with van der Waals surface area (Å²) < 4.78 is 1.06. The van der Waals surface area contributed by atoms with Crippen LogP contribution in [0.15, 0.2) is 16.7 Å². The lowest BCUT2D eigenvalue weighted by Crippen LogP contribution is -2.49. The molecule has 18 heavy (non-hydrogen) atoms. The lowest BCUT2D eigenvalue weighted by atomic mass is 10.2. The Morgan fingerprint density at radius 1 is 1.33 bits per heavy atom. The van der Waals surface area contributed by atoms with Crippen LogP contribution in [0.2, 0.25) is 0 Å². The summed E-state index contributed by atoms with van der Waals surface area (Å²) >= 11 is 3.47. The first-order chi connectivity index (χ1) is 8.61. The third kappa shape index (κ3) is 3.04. The zero-order chi connectivity index (χ0) is 13.1. The van der Waals surface area contributed by atoms with Crippen molar-refractivity contribution < 1.29 is 0 Å². The topological polar surface area (TPSA) is 19.4 Å². The van der Waals surface area contributed by atoms with Crippen molar-refractivity contribution in [3.05, 3.63) is 22.3 Å². The van der Waals surface area contributed by atoms with Gasteiger partial charge in [0.05, 0.1) is 0 Å². The molecular formula is C14H22BrN3. The van der Waals surface area contributed by atoms with Gasteiger partial charge in [-0.3, -0.25) is 4.90 Å². The third-order valence-corrected chi connectivity index (χ3v) is 4.28. The van der Waals surface area contributed by atoms with Crippen molar-refractivity contribution >= 4 is 21.7 Å². The van der Waals surface area contributed by atoms with Crippen molar-refractivity contribution in [2.45, 2.75) is 33.2 Å². The van der Waals surface area contributed by atoms with E-state index < -0.39 is 0 Å². The molecule has 0 amide bonds. The Labute approximate surface area is 118 Å². The van der Waals surface area contributed by atoms with E-state index in [1.165, 1.54) is 12.0 Å². The molecule has 1 aliphatic rings. The van der Waals surface area contributed by atoms with Gasteiger partial charge in [0.1, 0.15) is 5.82 Å². The first-order valence-corrected chi connectivity index (χ1v) is 7.52. The van der Waals surface area contributed by atoms with Crippen molar-refractivity contribution in [2.75, 3.05) is 31.1 Å². The molecule has 100 valence electrons. The van der Waals surface area contributed by atoms with E-state index in [0.29, 0.717) is 6.04 Å². The van der Waals surface area contributed by atoms with Crippen LogP contribution in [-0.4, -0.2) is 42.1 Å². The van der Waals surface area contributed by atoms with Crippen LogP contribution in [0.5, 0.6) is 0 Å². The highest BCUT2D eigenvalue weighted by atomic mass is 79.9. The van der Waals surface area contributed by atoms with Crippen molar-refractivity contribution in [1.29, 1.82) is 0 Å². The molecule has 1 aromatic heterocycles. The monoisotopic (exact) mass is 311 g/mol. The first-order valence-electron chi connectivity index (χ1n) is 6.73. The highest BCUT2D eigenvalue weighted by molar-refractivity contribution is 9.10. The molecule has 1 saturated heterocycles. The summed E-state index contributed by atoms with van der Waals surface area (Å²) in [5, 5.41) is 0. The van der Waals surface area contributed by atoms with Crippen LogP contribution in [0.3, 0.4) is 0 Å². The Morgan fingerprint density at radius 2 is 2.00 bits per heavy atom. The second-order valence-corrected chi connectivity index (χ2v) is 5.99. The quantitative estimate of drug-likeness (QED) is 0.855. The van der Waals surface area contributed by atoms with E-state index in [1.807, 2.05) is 6.20 Å². The average Bonchev–Trinajstić information content (AvgIpc) is 2.38. The lowest BCUT2D eigenvalue weighted by molar-refractivity contribution is 0.192. The molecule has 1 aliphatic heterocycles. The van der Waals surface area contributed by atoms with Crippen molar-refractivity contribution in [3.63, 3.8) is 0 Å². The number of anilines is 1. The van der Waals surface area contributed by atoms with E-state index in [9.17, 15) is 0 Å². The van der Waals surface area contributed by atoms with Crippen LogP contribution in [0, 0.1) is 6.92 Å². The van der Waals surface area contributed by atoms with Gasteiger partial charge in [-0.05, 0) is 47.8 Å². The second kappa shape index (κ2) is 6.02. The van der Waals surface area contributed by atoms with Gasteiger partial charge >= 0.3 is 0 Å². The number of halogens is 1. The molecule has 1 atom stereocenters. The standard InChI is InChI=1S/C14H22BrN3/c1-4-12(3)17-5-7-18(8-6-17)14-11(2)9-13(15)10-16-14/h9-10,12H,4-8H2,1-3H3. The summed E-state index contributed by atoms with van der Waals surface area (Å²) in [4.78, 5) is 9.53. The van der Waals surface area contributed by atoms with E-state index in [-0.39, 0.29) is 0 Å². The van der Waals surface area contributed by atoms with Crippen molar-refractivity contribution in [2.24, 2.45) is 0 Å². The van der Waals surface area contributed by atoms with Crippen LogP contribution >= 0.6 is 15.9 Å². The van der Waals surface area contributed by atoms with Gasteiger partial charge in [-0.1, -0.05) is 6.92 Å². The molecule has 2 rings (SSSR count). The molecule has 0 N–H and O–H groups in total. The number of hydrogen-bond acceptors (Lipinski definition) is 3. The van der Waals surface area contributed by atoms with E-state index >= 15 is 0 Å². The molecule has 1 aromatic rings. The molecule has 0 spiro atoms. The zero-order valence-corrected chi connectivity index (χ0v) is 13.1. The largest absolute Gasteiger partial charge is 0.354 e. The molecule has 0 saturated carbocycles. The molecule has 4 heteroatoms. The van der Waals surface area contributed by atoms with E-state index in [4.69, 9.17) is 0 Å². The maximum atomic E-state index is 4.55. The Hall–Kier alpha value is -0.610. The smallest absolute Gasteiger partial charge is 0.131 e. The number of rotatable bonds is 3. The van der Waals surface area contributed by atoms with E-state index in [2.05, 4.69) is 57.6 Å². The minimum Gasteiger partial charge on any atom is -0.354 e. The van der Waals surface area contributed by atoms with Crippen LogP contribution < -0.4 is 4.90 Å². The Morgan fingerprint density at radius 3 is 2.56 bits per heavy atom. The van der Waals surface area contributed by atoms with Gasteiger partial charge in [-0.2, -0.15) is 0 Å². The van der Waals surface area contributed by atoms with Crippen molar-refractivity contribution in [3.8, 4) is 0 Å². The zero-order valence-electron chi connectivity index (χ0n) is 11.5. The first kappa shape index (κ1) is 13.8. The molecular weight excluding hydrogens is 290 g/mol. The van der Waals surface area contributed by atoms with Gasteiger partial charge in [-0.15, -0.1) is 0 Å². The highest BCUT2D eigenvalue weighted by Gasteiger charge is 2.21. The minimum absolute atomic E-state index is 0.700. The number of aromatic nitrogens is 1. The van der Waals surface area contributed by atoms with Crippen LogP contribution in [0.1, 0.15) is 25.8 Å². The van der Waals surface area contributed by atoms with Crippen LogP contribution in [0.25, 0.3) is 0 Å². The lowest BCUT2D eigenvalue weighted by Gasteiger charge is -2.38. The average molecular weight is 312 g/mol. The third-order valence-electron chi connectivity index (χ3n) is 3.85. The Kier molecular flexibility index (Phi) is 4.62. The predicted molar refractivity (Wildman–Crippen MR) is 80.2 cm³/mol. The second-order valence-electron chi connectivity index (χ2n) is 5.07. The van der Waals surface area contributed by atoms with Gasteiger partial charge < -0.3 is 4.90 Å². The number of nitrogens with zero attached hydrogens (tertiary/aromatic N) is 3. The summed E-state index contributed by atoms with van der Waals surface area (Å²) in [5.41, 5.74) is 1.25. The molecule has 0 radical (unpaired) electrons. The van der Waals surface area contributed by atoms with Crippen LogP contribution in [0.4, 0.5) is 5.82 Å². The minimum atomic E-state index is 0.700. The van der Waals surface area contributed by atoms with Gasteiger partial charge in [0, 0.05) is 42.9 Å². The highest BCUT2D eigenvalue weighted by Crippen LogP contribution is 2.22. The fraction of sp³-hybridized carbons (Fsp3) is 0.643. The normalized spacial score (nSPS) is 19.0. The molecule has 2 heterocycles. The molecule has 0 aliphatic carbocycles. The SMILES string of the molecule is CCC(C)N1CCN(c2ncc(Br)cc2C)CC1. The van der Waals surface area contributed by atoms with E-state index in [0.717, 1.165) is 36.5 Å². The van der Waals surface area contributed by atoms with Gasteiger partial charge in [-0.25, -0.2) is 4.98 Å². The van der Waals surface area contributed by atoms with Gasteiger partial charge in [0.15, 0.2) is 0 Å². The Bertz CT molecular complexity index is 400. The number of hydrogen-bond donors (Lipinski definition) is 0. The number of piperazine rings is 1. The molecule has 1 fully saturated rings. The summed E-state index contributed by atoms with van der Waals surface area (Å²) in [6, 6.07) is 2.84. The maximum Gasteiger partial charge on any atom is 0.131 e. The predicted octanol–water partition coefficient (Wildman–Crippen LogP) is 3.07. The number of pyridine rings is 1. The summed E-state index contributed by atoms with van der Waals surface area (Å²) in [6.07, 6.45) is 3.12. The Balaban J connectivity index is 2.01. The molecule has 1 unspecified atom stereocenters. The number of aryl methyl sites for hydroxylation is 1. The summed E-state index contributed by atoms with van der Waals surface area (Å²) in [5.74, 6) is 1.14. The molecule has 0 aromatic carbocycles. The summed E-state index contributed by atoms with van der Waals surface area (Å²) in [6.45, 7) is 11.2. The van der Waals surface area contributed by atoms with E-state index in [1.54, 1.807) is 0 Å².